The number of nitro groups is 1. The largest absolute Gasteiger partial charge is 0.545 e. The number of carbonyl (C=O) groups is 1. The number of carboxylic acids is 1. The summed E-state index contributed by atoms with van der Waals surface area (Å²) in [5, 5.41) is 20.4. The van der Waals surface area contributed by atoms with E-state index in [4.69, 9.17) is 0 Å². The predicted molar refractivity (Wildman–Crippen MR) is 41.5 cm³/mol. The van der Waals surface area contributed by atoms with Crippen LogP contribution in [0.15, 0.2) is 24.3 Å². The molecule has 1 aromatic carbocycles. The average molecular weight is 180 g/mol. The summed E-state index contributed by atoms with van der Waals surface area (Å²) < 4.78 is 0. The van der Waals surface area contributed by atoms with Crippen molar-refractivity contribution in [2.24, 2.45) is 0 Å². The summed E-state index contributed by atoms with van der Waals surface area (Å²) in [6, 6.07) is 5.37. The van der Waals surface area contributed by atoms with Crippen LogP contribution >= 0.6 is 0 Å². The van der Waals surface area contributed by atoms with Gasteiger partial charge in [-0.3, -0.25) is 10.1 Å². The van der Waals surface area contributed by atoms with Gasteiger partial charge in [-0.1, -0.05) is 24.3 Å². The number of carboxylic acid groups (broad SMARTS) is 1. The van der Waals surface area contributed by atoms with Gasteiger partial charge in [0, 0.05) is 10.5 Å². The second-order valence-corrected chi connectivity index (χ2v) is 2.48. The number of benzene rings is 1. The lowest BCUT2D eigenvalue weighted by Crippen LogP contribution is -2.22. The van der Waals surface area contributed by atoms with Crippen LogP contribution in [0.2, 0.25) is 0 Å². The van der Waals surface area contributed by atoms with Crippen molar-refractivity contribution in [3.63, 3.8) is 0 Å². The molecule has 0 aliphatic rings. The minimum atomic E-state index is -1.28. The van der Waals surface area contributed by atoms with E-state index in [0.29, 0.717) is 5.56 Å². The molecular weight excluding hydrogens is 174 g/mol. The van der Waals surface area contributed by atoms with Gasteiger partial charge >= 0.3 is 0 Å². The van der Waals surface area contributed by atoms with E-state index in [1.807, 2.05) is 0 Å². The molecule has 0 aliphatic heterocycles. The van der Waals surface area contributed by atoms with Gasteiger partial charge in [-0.15, -0.1) is 0 Å². The molecule has 0 aliphatic carbocycles. The number of carbonyl (C=O) groups excluding carboxylic acids is 1. The highest BCUT2D eigenvalue weighted by Gasteiger charge is 2.00. The molecule has 0 bridgehead atoms. The van der Waals surface area contributed by atoms with E-state index < -0.39 is 10.9 Å². The monoisotopic (exact) mass is 180 g/mol. The van der Waals surface area contributed by atoms with E-state index in [2.05, 4.69) is 0 Å². The molecule has 0 heterocycles. The number of hydrogen-bond acceptors (Lipinski definition) is 4. The zero-order chi connectivity index (χ0) is 9.84. The fraction of sp³-hybridized carbons (Fsp3) is 0.125. The molecule has 0 atom stereocenters. The smallest absolute Gasteiger partial charge is 0.228 e. The van der Waals surface area contributed by atoms with Crippen LogP contribution < -0.4 is 5.11 Å². The highest BCUT2D eigenvalue weighted by atomic mass is 16.6. The zero-order valence-corrected chi connectivity index (χ0v) is 6.60. The molecule has 5 nitrogen and oxygen atoms in total. The Kier molecular flexibility index (Phi) is 2.59. The van der Waals surface area contributed by atoms with Gasteiger partial charge in [0.05, 0.1) is 5.97 Å². The van der Waals surface area contributed by atoms with Crippen LogP contribution in [0.3, 0.4) is 0 Å². The fourth-order valence-corrected chi connectivity index (χ4v) is 0.895. The van der Waals surface area contributed by atoms with Crippen LogP contribution in [0.5, 0.6) is 0 Å². The predicted octanol–water partition coefficient (Wildman–Crippen LogP) is -0.173. The molecule has 13 heavy (non-hydrogen) atoms. The minimum Gasteiger partial charge on any atom is -0.545 e. The second-order valence-electron chi connectivity index (χ2n) is 2.48. The van der Waals surface area contributed by atoms with Crippen molar-refractivity contribution in [3.8, 4) is 0 Å². The fourth-order valence-electron chi connectivity index (χ4n) is 0.895. The van der Waals surface area contributed by atoms with Gasteiger partial charge in [-0.05, 0) is 5.56 Å². The first-order valence-electron chi connectivity index (χ1n) is 3.51. The molecule has 0 N–H and O–H groups in total. The summed E-state index contributed by atoms with van der Waals surface area (Å²) in [5.74, 6) is -1.28. The van der Waals surface area contributed by atoms with Gasteiger partial charge in [0.15, 0.2) is 0 Å². The van der Waals surface area contributed by atoms with Crippen LogP contribution in [0.25, 0.3) is 0 Å². The second kappa shape index (κ2) is 3.66. The summed E-state index contributed by atoms with van der Waals surface area (Å²) in [4.78, 5) is 19.9. The number of hydrogen-bond donors (Lipinski definition) is 0. The Balaban J connectivity index is 2.81. The molecule has 1 aromatic rings. The van der Waals surface area contributed by atoms with Gasteiger partial charge in [0.2, 0.25) is 6.54 Å². The van der Waals surface area contributed by atoms with E-state index in [9.17, 15) is 20.0 Å². The molecule has 0 saturated heterocycles. The number of aromatic carboxylic acids is 1. The van der Waals surface area contributed by atoms with Gasteiger partial charge in [0.25, 0.3) is 0 Å². The third-order valence-electron chi connectivity index (χ3n) is 1.50. The average Bonchev–Trinajstić information content (AvgIpc) is 2.04. The van der Waals surface area contributed by atoms with Crippen molar-refractivity contribution in [1.82, 2.24) is 0 Å². The standard InChI is InChI=1S/C8H7NO4/c10-8(11)7-3-1-6(2-4-7)5-9(12)13/h1-4H,5H2,(H,10,11)/p-1. The van der Waals surface area contributed by atoms with Gasteiger partial charge in [0.1, 0.15) is 0 Å². The summed E-state index contributed by atoms with van der Waals surface area (Å²) in [5.41, 5.74) is 0.488. The molecule has 1 rings (SSSR count). The first kappa shape index (κ1) is 9.18. The third-order valence-corrected chi connectivity index (χ3v) is 1.50. The molecule has 0 amide bonds. The Morgan fingerprint density at radius 3 is 2.23 bits per heavy atom. The quantitative estimate of drug-likeness (QED) is 0.477. The summed E-state index contributed by atoms with van der Waals surface area (Å²) in [6.45, 7) is -0.298. The van der Waals surface area contributed by atoms with E-state index in [1.54, 1.807) is 0 Å². The maximum absolute atomic E-state index is 10.3. The van der Waals surface area contributed by atoms with Gasteiger partial charge < -0.3 is 9.90 Å². The minimum absolute atomic E-state index is 0.0205. The first-order valence-corrected chi connectivity index (χ1v) is 3.51. The molecule has 0 aromatic heterocycles. The first-order chi connectivity index (χ1) is 6.09. The number of rotatable bonds is 3. The van der Waals surface area contributed by atoms with E-state index in [-0.39, 0.29) is 12.1 Å². The molecule has 0 saturated carbocycles. The maximum atomic E-state index is 10.3. The van der Waals surface area contributed by atoms with Crippen LogP contribution in [-0.2, 0) is 6.54 Å². The van der Waals surface area contributed by atoms with E-state index >= 15 is 0 Å². The third kappa shape index (κ3) is 2.55. The van der Waals surface area contributed by atoms with Crippen LogP contribution in [0.1, 0.15) is 15.9 Å². The van der Waals surface area contributed by atoms with Crippen LogP contribution in [0, 0.1) is 10.1 Å². The van der Waals surface area contributed by atoms with Crippen molar-refractivity contribution in [1.29, 1.82) is 0 Å². The highest BCUT2D eigenvalue weighted by molar-refractivity contribution is 5.85. The number of nitrogens with zero attached hydrogens (tertiary/aromatic N) is 1. The van der Waals surface area contributed by atoms with Crippen LogP contribution in [-0.4, -0.2) is 10.9 Å². The molecule has 0 fully saturated rings. The van der Waals surface area contributed by atoms with Crippen molar-refractivity contribution in [2.75, 3.05) is 0 Å². The Labute approximate surface area is 73.8 Å². The van der Waals surface area contributed by atoms with Gasteiger partial charge in [-0.25, -0.2) is 0 Å². The Bertz CT molecular complexity index is 331. The summed E-state index contributed by atoms with van der Waals surface area (Å²) in [7, 11) is 0. The topological polar surface area (TPSA) is 83.3 Å². The molecule has 0 spiro atoms. The molecule has 0 radical (unpaired) electrons. The lowest BCUT2D eigenvalue weighted by molar-refractivity contribution is -0.496. The molecular formula is C8H6NO4-. The highest BCUT2D eigenvalue weighted by Crippen LogP contribution is 2.04. The lowest BCUT2D eigenvalue weighted by atomic mass is 10.1. The van der Waals surface area contributed by atoms with Crippen molar-refractivity contribution in [3.05, 3.63) is 45.5 Å². The maximum Gasteiger partial charge on any atom is 0.228 e. The van der Waals surface area contributed by atoms with E-state index in [0.717, 1.165) is 0 Å². The normalized spacial score (nSPS) is 9.54. The zero-order valence-electron chi connectivity index (χ0n) is 6.60. The van der Waals surface area contributed by atoms with Crippen molar-refractivity contribution in [2.45, 2.75) is 6.54 Å². The SMILES string of the molecule is O=C([O-])c1ccc(C[N+](=O)[O-])cc1. The van der Waals surface area contributed by atoms with Crippen molar-refractivity contribution >= 4 is 5.97 Å². The molecule has 5 heteroatoms. The summed E-state index contributed by atoms with van der Waals surface area (Å²) >= 11 is 0. The van der Waals surface area contributed by atoms with E-state index in [1.165, 1.54) is 24.3 Å². The molecule has 0 unspecified atom stereocenters. The Hall–Kier alpha value is -1.91. The molecule has 68 valence electrons. The summed E-state index contributed by atoms with van der Waals surface area (Å²) in [6.07, 6.45) is 0. The lowest BCUT2D eigenvalue weighted by Gasteiger charge is -2.01. The van der Waals surface area contributed by atoms with Crippen molar-refractivity contribution < 1.29 is 14.8 Å². The van der Waals surface area contributed by atoms with Crippen LogP contribution in [0.4, 0.5) is 0 Å². The Morgan fingerprint density at radius 2 is 1.85 bits per heavy atom. The van der Waals surface area contributed by atoms with Gasteiger partial charge in [-0.2, -0.15) is 0 Å². The Morgan fingerprint density at radius 1 is 1.31 bits per heavy atom.